The molecule has 1 rings (SSSR count). The van der Waals surface area contributed by atoms with Crippen molar-refractivity contribution in [2.75, 3.05) is 0 Å². The van der Waals surface area contributed by atoms with Gasteiger partial charge in [0.05, 0.1) is 0 Å². The highest BCUT2D eigenvalue weighted by Crippen LogP contribution is 2.17. The Bertz CT molecular complexity index is 289. The molecule has 0 spiro atoms. The van der Waals surface area contributed by atoms with Crippen molar-refractivity contribution in [3.63, 3.8) is 0 Å². The van der Waals surface area contributed by atoms with Gasteiger partial charge in [0.15, 0.2) is 11.6 Å². The molecule has 2 N–H and O–H groups in total. The molecule has 0 atom stereocenters. The van der Waals surface area contributed by atoms with Crippen molar-refractivity contribution in [1.82, 2.24) is 0 Å². The van der Waals surface area contributed by atoms with E-state index in [2.05, 4.69) is 0 Å². The van der Waals surface area contributed by atoms with Crippen LogP contribution < -0.4 is 0 Å². The van der Waals surface area contributed by atoms with Gasteiger partial charge in [-0.25, -0.2) is 4.39 Å². The Kier molecular flexibility index (Phi) is 3.45. The van der Waals surface area contributed by atoms with Gasteiger partial charge in [-0.1, -0.05) is 6.07 Å². The minimum absolute atomic E-state index is 0.324. The van der Waals surface area contributed by atoms with Crippen LogP contribution in [0.1, 0.15) is 5.56 Å². The molecule has 0 aliphatic heterocycles. The van der Waals surface area contributed by atoms with Crippen LogP contribution in [0.25, 0.3) is 0 Å². The van der Waals surface area contributed by atoms with Crippen molar-refractivity contribution in [1.29, 1.82) is 0 Å². The maximum absolute atomic E-state index is 12.8. The molecule has 0 saturated heterocycles. The van der Waals surface area contributed by atoms with E-state index >= 15 is 0 Å². The summed E-state index contributed by atoms with van der Waals surface area (Å²) in [6.07, 6.45) is 0.665. The first-order valence-electron chi connectivity index (χ1n) is 4.08. The SMILES string of the molecule is C[Si](O)CCc1ccc(O)c(F)c1. The second-order valence-electron chi connectivity index (χ2n) is 3.02. The van der Waals surface area contributed by atoms with Crippen molar-refractivity contribution < 1.29 is 14.3 Å². The zero-order valence-electron chi connectivity index (χ0n) is 7.42. The molecule has 0 aliphatic rings. The average Bonchev–Trinajstić information content (AvgIpc) is 2.07. The van der Waals surface area contributed by atoms with E-state index in [1.54, 1.807) is 12.6 Å². The molecule has 1 radical (unpaired) electrons. The second kappa shape index (κ2) is 4.39. The van der Waals surface area contributed by atoms with Gasteiger partial charge < -0.3 is 9.90 Å². The molecule has 13 heavy (non-hydrogen) atoms. The highest BCUT2D eigenvalue weighted by atomic mass is 28.3. The maximum atomic E-state index is 12.8. The van der Waals surface area contributed by atoms with E-state index in [1.165, 1.54) is 12.1 Å². The summed E-state index contributed by atoms with van der Waals surface area (Å²) < 4.78 is 12.8. The van der Waals surface area contributed by atoms with Gasteiger partial charge in [-0.3, -0.25) is 0 Å². The largest absolute Gasteiger partial charge is 0.505 e. The fourth-order valence-corrected chi connectivity index (χ4v) is 1.68. The van der Waals surface area contributed by atoms with Gasteiger partial charge in [0.25, 0.3) is 0 Å². The van der Waals surface area contributed by atoms with Crippen LogP contribution in [0, 0.1) is 5.82 Å². The Morgan fingerprint density at radius 2 is 2.15 bits per heavy atom. The number of halogens is 1. The van der Waals surface area contributed by atoms with E-state index in [-0.39, 0.29) is 5.75 Å². The number of aromatic hydroxyl groups is 1. The Hall–Kier alpha value is -0.873. The van der Waals surface area contributed by atoms with Gasteiger partial charge >= 0.3 is 0 Å². The molecule has 0 aliphatic carbocycles. The third-order valence-corrected chi connectivity index (χ3v) is 2.76. The number of aryl methyl sites for hydroxylation is 1. The van der Waals surface area contributed by atoms with E-state index in [0.717, 1.165) is 5.56 Å². The van der Waals surface area contributed by atoms with Crippen LogP contribution >= 0.6 is 0 Å². The molecule has 0 heterocycles. The predicted molar refractivity (Wildman–Crippen MR) is 50.4 cm³/mol. The molecule has 0 saturated carbocycles. The van der Waals surface area contributed by atoms with Gasteiger partial charge in [0.2, 0.25) is 9.04 Å². The number of phenolic OH excluding ortho intramolecular Hbond substituents is 1. The van der Waals surface area contributed by atoms with Gasteiger partial charge in [0, 0.05) is 0 Å². The summed E-state index contributed by atoms with van der Waals surface area (Å²) in [6, 6.07) is 5.02. The molecule has 2 nitrogen and oxygen atoms in total. The number of phenols is 1. The molecular weight excluding hydrogens is 187 g/mol. The normalized spacial score (nSPS) is 10.8. The molecule has 71 valence electrons. The van der Waals surface area contributed by atoms with Crippen LogP contribution in [0.2, 0.25) is 12.6 Å². The van der Waals surface area contributed by atoms with Crippen LogP contribution in [0.5, 0.6) is 5.75 Å². The molecule has 1 aromatic carbocycles. The first-order chi connectivity index (χ1) is 6.09. The monoisotopic (exact) mass is 199 g/mol. The van der Waals surface area contributed by atoms with E-state index in [1.807, 2.05) is 0 Å². The lowest BCUT2D eigenvalue weighted by atomic mass is 10.1. The average molecular weight is 199 g/mol. The molecule has 4 heteroatoms. The third-order valence-electron chi connectivity index (χ3n) is 1.79. The van der Waals surface area contributed by atoms with Gasteiger partial charge in [-0.15, -0.1) is 0 Å². The molecule has 1 aromatic rings. The first kappa shape index (κ1) is 10.2. The summed E-state index contributed by atoms with van der Waals surface area (Å²) in [4.78, 5) is 9.10. The predicted octanol–water partition coefficient (Wildman–Crippen LogP) is 1.69. The van der Waals surface area contributed by atoms with Crippen molar-refractivity contribution in [2.45, 2.75) is 19.0 Å². The number of hydrogen-bond donors (Lipinski definition) is 2. The summed E-state index contributed by atoms with van der Waals surface area (Å²) in [7, 11) is -1.24. The fourth-order valence-electron chi connectivity index (χ4n) is 1.03. The summed E-state index contributed by atoms with van der Waals surface area (Å²) in [5, 5.41) is 8.90. The van der Waals surface area contributed by atoms with Crippen LogP contribution in [-0.2, 0) is 6.42 Å². The molecule has 0 fully saturated rings. The van der Waals surface area contributed by atoms with Gasteiger partial charge in [-0.05, 0) is 36.7 Å². The third kappa shape index (κ3) is 3.16. The van der Waals surface area contributed by atoms with E-state index in [0.29, 0.717) is 12.5 Å². The lowest BCUT2D eigenvalue weighted by Gasteiger charge is -2.02. The highest BCUT2D eigenvalue weighted by molar-refractivity contribution is 6.48. The topological polar surface area (TPSA) is 40.5 Å². The number of benzene rings is 1. The van der Waals surface area contributed by atoms with E-state index in [9.17, 15) is 4.39 Å². The standard InChI is InChI=1S/C9H12FO2Si/c1-13(12)5-4-7-2-3-9(11)8(10)6-7/h2-3,6,11-12H,4-5H2,1H3. The smallest absolute Gasteiger partial charge is 0.204 e. The van der Waals surface area contributed by atoms with Gasteiger partial charge in [-0.2, -0.15) is 0 Å². The van der Waals surface area contributed by atoms with E-state index < -0.39 is 14.9 Å². The second-order valence-corrected chi connectivity index (χ2v) is 4.99. The number of rotatable bonds is 3. The maximum Gasteiger partial charge on any atom is 0.204 e. The quantitative estimate of drug-likeness (QED) is 0.727. The lowest BCUT2D eigenvalue weighted by Crippen LogP contribution is -2.06. The molecule has 0 unspecified atom stereocenters. The van der Waals surface area contributed by atoms with Crippen LogP contribution in [0.4, 0.5) is 4.39 Å². The number of hydrogen-bond acceptors (Lipinski definition) is 2. The van der Waals surface area contributed by atoms with Crippen molar-refractivity contribution in [3.8, 4) is 5.75 Å². The van der Waals surface area contributed by atoms with E-state index in [4.69, 9.17) is 9.90 Å². The minimum atomic E-state index is -1.24. The van der Waals surface area contributed by atoms with Crippen LogP contribution in [-0.4, -0.2) is 18.9 Å². The lowest BCUT2D eigenvalue weighted by molar-refractivity contribution is 0.432. The van der Waals surface area contributed by atoms with Crippen LogP contribution in [0.15, 0.2) is 18.2 Å². The van der Waals surface area contributed by atoms with Crippen LogP contribution in [0.3, 0.4) is 0 Å². The van der Waals surface area contributed by atoms with Gasteiger partial charge in [0.1, 0.15) is 0 Å². The minimum Gasteiger partial charge on any atom is -0.505 e. The van der Waals surface area contributed by atoms with Crippen molar-refractivity contribution >= 4 is 9.04 Å². The summed E-state index contributed by atoms with van der Waals surface area (Å²) in [6.45, 7) is 1.79. The van der Waals surface area contributed by atoms with Crippen molar-refractivity contribution in [2.24, 2.45) is 0 Å². The fraction of sp³-hybridized carbons (Fsp3) is 0.333. The molecule has 0 aromatic heterocycles. The summed E-state index contributed by atoms with van der Waals surface area (Å²) >= 11 is 0. The first-order valence-corrected chi connectivity index (χ1v) is 6.24. The molecule has 0 bridgehead atoms. The zero-order valence-corrected chi connectivity index (χ0v) is 8.42. The summed E-state index contributed by atoms with van der Waals surface area (Å²) in [5.41, 5.74) is 0.814. The Balaban J connectivity index is 2.63. The Labute approximate surface area is 78.4 Å². The molecular formula is C9H12FO2Si. The zero-order chi connectivity index (χ0) is 9.84. The highest BCUT2D eigenvalue weighted by Gasteiger charge is 2.04. The Morgan fingerprint density at radius 3 is 2.69 bits per heavy atom. The Morgan fingerprint density at radius 1 is 1.46 bits per heavy atom. The molecule has 0 amide bonds. The van der Waals surface area contributed by atoms with Crippen molar-refractivity contribution in [3.05, 3.63) is 29.6 Å². The summed E-state index contributed by atoms with van der Waals surface area (Å²) in [5.74, 6) is -0.921.